The number of amides is 2. The third kappa shape index (κ3) is 2.10. The number of hydrogen-bond donors (Lipinski definition) is 2. The molecule has 27 heavy (non-hydrogen) atoms. The van der Waals surface area contributed by atoms with E-state index < -0.39 is 5.41 Å². The Morgan fingerprint density at radius 3 is 2.78 bits per heavy atom. The molecule has 1 aromatic heterocycles. The summed E-state index contributed by atoms with van der Waals surface area (Å²) < 4.78 is 1.71. The maximum Gasteiger partial charge on any atom is 0.240 e. The molecule has 134 valence electrons. The molecular formula is C21H18N4O2. The fraction of sp³-hybridized carbons (Fsp3) is 0.190. The van der Waals surface area contributed by atoms with Gasteiger partial charge in [-0.25, -0.2) is 4.68 Å². The molecule has 0 unspecified atom stereocenters. The summed E-state index contributed by atoms with van der Waals surface area (Å²) in [6.07, 6.45) is 2.68. The van der Waals surface area contributed by atoms with Crippen molar-refractivity contribution < 1.29 is 9.59 Å². The molecule has 2 aromatic carbocycles. The van der Waals surface area contributed by atoms with Gasteiger partial charge in [0.1, 0.15) is 11.2 Å². The van der Waals surface area contributed by atoms with Crippen molar-refractivity contribution in [2.75, 3.05) is 10.6 Å². The van der Waals surface area contributed by atoms with Crippen LogP contribution in [0.5, 0.6) is 0 Å². The molecule has 2 amide bonds. The van der Waals surface area contributed by atoms with E-state index in [-0.39, 0.29) is 18.2 Å². The molecule has 6 nitrogen and oxygen atoms in total. The normalized spacial score (nSPS) is 20.2. The maximum atomic E-state index is 13.0. The zero-order valence-electron chi connectivity index (χ0n) is 14.8. The van der Waals surface area contributed by atoms with Crippen LogP contribution in [-0.4, -0.2) is 21.6 Å². The summed E-state index contributed by atoms with van der Waals surface area (Å²) in [7, 11) is 0. The topological polar surface area (TPSA) is 76.0 Å². The Kier molecular flexibility index (Phi) is 3.25. The number of carbonyl (C=O) groups is 2. The van der Waals surface area contributed by atoms with Gasteiger partial charge >= 0.3 is 0 Å². The van der Waals surface area contributed by atoms with Gasteiger partial charge in [-0.1, -0.05) is 37.3 Å². The van der Waals surface area contributed by atoms with Crippen LogP contribution in [0.25, 0.3) is 5.69 Å². The largest absolute Gasteiger partial charge is 0.325 e. The fourth-order valence-electron chi connectivity index (χ4n) is 4.16. The van der Waals surface area contributed by atoms with E-state index >= 15 is 0 Å². The Bertz CT molecular complexity index is 1100. The van der Waals surface area contributed by atoms with Crippen molar-refractivity contribution in [3.63, 3.8) is 0 Å². The minimum absolute atomic E-state index is 0.0730. The lowest BCUT2D eigenvalue weighted by molar-refractivity contribution is -0.125. The average Bonchev–Trinajstić information content (AvgIpc) is 3.22. The second-order valence-corrected chi connectivity index (χ2v) is 6.97. The van der Waals surface area contributed by atoms with Crippen LogP contribution in [0.15, 0.2) is 54.7 Å². The van der Waals surface area contributed by atoms with Gasteiger partial charge in [0.25, 0.3) is 0 Å². The molecule has 3 aromatic rings. The first-order valence-corrected chi connectivity index (χ1v) is 9.02. The Morgan fingerprint density at radius 1 is 1.07 bits per heavy atom. The predicted molar refractivity (Wildman–Crippen MR) is 102 cm³/mol. The molecule has 0 aliphatic carbocycles. The van der Waals surface area contributed by atoms with Crippen molar-refractivity contribution in [3.05, 3.63) is 71.4 Å². The van der Waals surface area contributed by atoms with Crippen LogP contribution in [-0.2, 0) is 21.4 Å². The Hall–Kier alpha value is -3.41. The van der Waals surface area contributed by atoms with E-state index in [4.69, 9.17) is 0 Å². The Balaban J connectivity index is 1.74. The van der Waals surface area contributed by atoms with Crippen LogP contribution in [0, 0.1) is 0 Å². The molecule has 2 aliphatic heterocycles. The lowest BCUT2D eigenvalue weighted by Crippen LogP contribution is -2.43. The van der Waals surface area contributed by atoms with Crippen LogP contribution in [0.3, 0.4) is 0 Å². The molecule has 0 radical (unpaired) electrons. The minimum atomic E-state index is -1.03. The SMILES string of the molecule is CCc1cccc(-n2ncc3c2NC(=O)C[C@@]32C(=O)Nc3ccccc32)c1. The minimum Gasteiger partial charge on any atom is -0.325 e. The summed E-state index contributed by atoms with van der Waals surface area (Å²) in [5.41, 5.74) is 3.31. The third-order valence-electron chi connectivity index (χ3n) is 5.50. The van der Waals surface area contributed by atoms with Crippen LogP contribution in [0.2, 0.25) is 0 Å². The first-order valence-electron chi connectivity index (χ1n) is 9.02. The van der Waals surface area contributed by atoms with Crippen molar-refractivity contribution in [3.8, 4) is 5.69 Å². The number of fused-ring (bicyclic) bond motifs is 4. The molecule has 2 N–H and O–H groups in total. The van der Waals surface area contributed by atoms with Crippen molar-refractivity contribution in [2.24, 2.45) is 0 Å². The van der Waals surface area contributed by atoms with Gasteiger partial charge in [-0.2, -0.15) is 5.10 Å². The summed E-state index contributed by atoms with van der Waals surface area (Å²) in [6.45, 7) is 2.09. The highest BCUT2D eigenvalue weighted by molar-refractivity contribution is 6.14. The highest BCUT2D eigenvalue weighted by Crippen LogP contribution is 2.49. The Labute approximate surface area is 156 Å². The number of aryl methyl sites for hydroxylation is 1. The molecule has 0 fully saturated rings. The second-order valence-electron chi connectivity index (χ2n) is 6.97. The number of carbonyl (C=O) groups excluding carboxylic acids is 2. The van der Waals surface area contributed by atoms with E-state index in [9.17, 15) is 9.59 Å². The highest BCUT2D eigenvalue weighted by Gasteiger charge is 2.54. The van der Waals surface area contributed by atoms with Gasteiger partial charge in [0.2, 0.25) is 11.8 Å². The number of nitrogens with zero attached hydrogens (tertiary/aromatic N) is 2. The quantitative estimate of drug-likeness (QED) is 0.739. The second kappa shape index (κ2) is 5.54. The van der Waals surface area contributed by atoms with Gasteiger partial charge in [-0.05, 0) is 35.7 Å². The smallest absolute Gasteiger partial charge is 0.240 e. The summed E-state index contributed by atoms with van der Waals surface area (Å²) >= 11 is 0. The summed E-state index contributed by atoms with van der Waals surface area (Å²) in [5.74, 6) is 0.191. The van der Waals surface area contributed by atoms with E-state index in [0.29, 0.717) is 5.82 Å². The number of para-hydroxylation sites is 1. The van der Waals surface area contributed by atoms with Crippen molar-refractivity contribution in [1.29, 1.82) is 0 Å². The molecule has 0 bridgehead atoms. The number of aromatic nitrogens is 2. The van der Waals surface area contributed by atoms with Gasteiger partial charge in [0, 0.05) is 17.7 Å². The first-order chi connectivity index (χ1) is 13.1. The lowest BCUT2D eigenvalue weighted by Gasteiger charge is -2.31. The van der Waals surface area contributed by atoms with Gasteiger partial charge in [-0.15, -0.1) is 0 Å². The first kappa shape index (κ1) is 15.8. The predicted octanol–water partition coefficient (Wildman–Crippen LogP) is 3.02. The van der Waals surface area contributed by atoms with E-state index in [1.165, 1.54) is 5.56 Å². The zero-order chi connectivity index (χ0) is 18.6. The highest BCUT2D eigenvalue weighted by atomic mass is 16.2. The average molecular weight is 358 g/mol. The third-order valence-corrected chi connectivity index (χ3v) is 5.50. The van der Waals surface area contributed by atoms with Gasteiger partial charge in [-0.3, -0.25) is 9.59 Å². The maximum absolute atomic E-state index is 13.0. The molecule has 1 atom stereocenters. The standard InChI is InChI=1S/C21H18N4O2/c1-2-13-6-5-7-14(10-13)25-19-16(12-22-25)21(11-18(26)24-19)15-8-3-4-9-17(15)23-20(21)27/h3-10,12H,2,11H2,1H3,(H,23,27)(H,24,26)/t21-/m0/s1. The molecule has 2 aliphatic rings. The van der Waals surface area contributed by atoms with E-state index in [1.54, 1.807) is 10.9 Å². The number of nitrogens with one attached hydrogen (secondary N) is 2. The number of rotatable bonds is 2. The summed E-state index contributed by atoms with van der Waals surface area (Å²) in [4.78, 5) is 25.6. The van der Waals surface area contributed by atoms with Crippen LogP contribution >= 0.6 is 0 Å². The van der Waals surface area contributed by atoms with E-state index in [1.807, 2.05) is 42.5 Å². The van der Waals surface area contributed by atoms with Crippen molar-refractivity contribution in [2.45, 2.75) is 25.2 Å². The van der Waals surface area contributed by atoms with E-state index in [0.717, 1.165) is 28.9 Å². The molecular weight excluding hydrogens is 340 g/mol. The number of benzene rings is 2. The van der Waals surface area contributed by atoms with Crippen LogP contribution < -0.4 is 10.6 Å². The molecule has 3 heterocycles. The number of hydrogen-bond acceptors (Lipinski definition) is 3. The monoisotopic (exact) mass is 358 g/mol. The molecule has 0 saturated heterocycles. The van der Waals surface area contributed by atoms with Crippen LogP contribution in [0.1, 0.15) is 30.0 Å². The lowest BCUT2D eigenvalue weighted by atomic mass is 9.72. The summed E-state index contributed by atoms with van der Waals surface area (Å²) in [6, 6.07) is 15.6. The zero-order valence-corrected chi connectivity index (χ0v) is 14.8. The fourth-order valence-corrected chi connectivity index (χ4v) is 4.16. The molecule has 1 spiro atoms. The number of anilines is 2. The molecule has 6 heteroatoms. The van der Waals surface area contributed by atoms with E-state index in [2.05, 4.69) is 28.7 Å². The van der Waals surface area contributed by atoms with Gasteiger partial charge < -0.3 is 10.6 Å². The Morgan fingerprint density at radius 2 is 1.93 bits per heavy atom. The van der Waals surface area contributed by atoms with Crippen molar-refractivity contribution in [1.82, 2.24) is 9.78 Å². The van der Waals surface area contributed by atoms with Gasteiger partial charge in [0.05, 0.1) is 11.9 Å². The van der Waals surface area contributed by atoms with Gasteiger partial charge in [0.15, 0.2) is 0 Å². The summed E-state index contributed by atoms with van der Waals surface area (Å²) in [5, 5.41) is 10.4. The van der Waals surface area contributed by atoms with Crippen molar-refractivity contribution >= 4 is 23.3 Å². The molecule has 0 saturated carbocycles. The molecule has 5 rings (SSSR count). The van der Waals surface area contributed by atoms with Crippen LogP contribution in [0.4, 0.5) is 11.5 Å².